The molecule has 0 amide bonds. The Hall–Kier alpha value is -0.980. The number of methoxy groups -OCH3 is 1. The van der Waals surface area contributed by atoms with Crippen LogP contribution in [0.4, 0.5) is 0 Å². The summed E-state index contributed by atoms with van der Waals surface area (Å²) in [6.45, 7) is 2.50. The van der Waals surface area contributed by atoms with E-state index in [2.05, 4.69) is 25.1 Å². The van der Waals surface area contributed by atoms with E-state index >= 15 is 0 Å². The van der Waals surface area contributed by atoms with E-state index in [4.69, 9.17) is 4.74 Å². The number of hydrogen-bond acceptors (Lipinski definition) is 1. The molecule has 0 radical (unpaired) electrons. The van der Waals surface area contributed by atoms with Crippen LogP contribution in [0.1, 0.15) is 56.6 Å². The van der Waals surface area contributed by atoms with E-state index in [1.807, 2.05) is 0 Å². The first-order valence-corrected chi connectivity index (χ1v) is 8.42. The highest BCUT2D eigenvalue weighted by atomic mass is 16.5. The van der Waals surface area contributed by atoms with Gasteiger partial charge in [0.2, 0.25) is 0 Å². The van der Waals surface area contributed by atoms with Crippen molar-refractivity contribution in [2.75, 3.05) is 7.11 Å². The Morgan fingerprint density at radius 3 is 2.90 bits per heavy atom. The Bertz CT molecular complexity index is 520. The summed E-state index contributed by atoms with van der Waals surface area (Å²) in [5.74, 6) is 3.85. The first-order chi connectivity index (χ1) is 9.74. The molecule has 1 unspecified atom stereocenters. The number of fused-ring (bicyclic) bond motifs is 1. The highest BCUT2D eigenvalue weighted by molar-refractivity contribution is 5.45. The molecule has 20 heavy (non-hydrogen) atoms. The molecule has 1 aromatic carbocycles. The zero-order chi connectivity index (χ0) is 13.7. The maximum absolute atomic E-state index is 5.52. The van der Waals surface area contributed by atoms with E-state index in [1.165, 1.54) is 44.9 Å². The standard InChI is InChI=1S/C19H26O/c1-13-8-10-19-9-4-3-5-17(19)16(13)11-14-6-7-15(20-2)12-18(14)19/h6-7,12-13,16-17H,3-5,8-11H2,1-2H3/t13?,16-,17-,19+/m1/s1. The fraction of sp³-hybridized carbons (Fsp3) is 0.684. The van der Waals surface area contributed by atoms with Crippen molar-refractivity contribution in [2.45, 2.75) is 57.3 Å². The van der Waals surface area contributed by atoms with E-state index in [0.29, 0.717) is 5.41 Å². The molecule has 4 rings (SSSR count). The summed E-state index contributed by atoms with van der Waals surface area (Å²) in [4.78, 5) is 0. The van der Waals surface area contributed by atoms with Crippen LogP contribution in [-0.2, 0) is 11.8 Å². The molecule has 3 aliphatic carbocycles. The molecule has 0 N–H and O–H groups in total. The molecule has 2 bridgehead atoms. The van der Waals surface area contributed by atoms with Gasteiger partial charge < -0.3 is 4.74 Å². The Morgan fingerprint density at radius 2 is 2.05 bits per heavy atom. The molecule has 4 atom stereocenters. The molecule has 2 fully saturated rings. The van der Waals surface area contributed by atoms with Crippen molar-refractivity contribution in [3.05, 3.63) is 29.3 Å². The summed E-state index contributed by atoms with van der Waals surface area (Å²) in [7, 11) is 1.80. The Kier molecular flexibility index (Phi) is 2.87. The molecule has 0 saturated heterocycles. The van der Waals surface area contributed by atoms with Crippen LogP contribution < -0.4 is 4.74 Å². The van der Waals surface area contributed by atoms with Gasteiger partial charge in [0.05, 0.1) is 7.11 Å². The third-order valence-corrected chi connectivity index (χ3v) is 6.70. The SMILES string of the molecule is COc1ccc2c(c1)[C@]13CCCC[C@@H]1[C@H](C2)C(C)CC3. The van der Waals surface area contributed by atoms with Crippen LogP contribution in [-0.4, -0.2) is 7.11 Å². The Morgan fingerprint density at radius 1 is 1.15 bits per heavy atom. The molecular formula is C19H26O. The zero-order valence-corrected chi connectivity index (χ0v) is 12.8. The summed E-state index contributed by atoms with van der Waals surface area (Å²) in [5.41, 5.74) is 3.78. The lowest BCUT2D eigenvalue weighted by atomic mass is 9.47. The summed E-state index contributed by atoms with van der Waals surface area (Å²) in [6.07, 6.45) is 9.91. The van der Waals surface area contributed by atoms with Gasteiger partial charge in [-0.1, -0.05) is 25.8 Å². The topological polar surface area (TPSA) is 9.23 Å². The molecule has 0 spiro atoms. The maximum atomic E-state index is 5.52. The van der Waals surface area contributed by atoms with Crippen molar-refractivity contribution in [2.24, 2.45) is 17.8 Å². The fourth-order valence-electron chi connectivity index (χ4n) is 5.69. The number of rotatable bonds is 1. The van der Waals surface area contributed by atoms with Crippen LogP contribution in [0.5, 0.6) is 5.75 Å². The first-order valence-electron chi connectivity index (χ1n) is 8.42. The van der Waals surface area contributed by atoms with Crippen molar-refractivity contribution in [1.82, 2.24) is 0 Å². The molecule has 108 valence electrons. The van der Waals surface area contributed by atoms with Crippen LogP contribution in [0.2, 0.25) is 0 Å². The Labute approximate surface area is 122 Å². The Balaban J connectivity index is 1.88. The van der Waals surface area contributed by atoms with Crippen molar-refractivity contribution < 1.29 is 4.74 Å². The normalized spacial score (nSPS) is 38.8. The largest absolute Gasteiger partial charge is 0.497 e. The summed E-state index contributed by atoms with van der Waals surface area (Å²) in [6, 6.07) is 6.89. The first kappa shape index (κ1) is 12.7. The van der Waals surface area contributed by atoms with E-state index in [1.54, 1.807) is 18.2 Å². The lowest BCUT2D eigenvalue weighted by Crippen LogP contribution is -2.51. The van der Waals surface area contributed by atoms with E-state index in [9.17, 15) is 0 Å². The highest BCUT2D eigenvalue weighted by Gasteiger charge is 2.53. The number of benzene rings is 1. The van der Waals surface area contributed by atoms with Gasteiger partial charge in [0.15, 0.2) is 0 Å². The van der Waals surface area contributed by atoms with Crippen molar-refractivity contribution in [1.29, 1.82) is 0 Å². The van der Waals surface area contributed by atoms with Gasteiger partial charge in [0.1, 0.15) is 5.75 Å². The molecule has 1 nitrogen and oxygen atoms in total. The predicted molar refractivity (Wildman–Crippen MR) is 82.2 cm³/mol. The second kappa shape index (κ2) is 4.51. The molecule has 1 heteroatoms. The second-order valence-corrected chi connectivity index (χ2v) is 7.42. The molecule has 0 heterocycles. The smallest absolute Gasteiger partial charge is 0.119 e. The minimum Gasteiger partial charge on any atom is -0.497 e. The monoisotopic (exact) mass is 270 g/mol. The van der Waals surface area contributed by atoms with Crippen LogP contribution in [0.15, 0.2) is 18.2 Å². The van der Waals surface area contributed by atoms with Crippen LogP contribution in [0.25, 0.3) is 0 Å². The van der Waals surface area contributed by atoms with Crippen LogP contribution in [0, 0.1) is 17.8 Å². The van der Waals surface area contributed by atoms with Gasteiger partial charge in [-0.2, -0.15) is 0 Å². The van der Waals surface area contributed by atoms with E-state index < -0.39 is 0 Å². The third kappa shape index (κ3) is 1.61. The number of ether oxygens (including phenoxy) is 1. The van der Waals surface area contributed by atoms with Gasteiger partial charge >= 0.3 is 0 Å². The van der Waals surface area contributed by atoms with Gasteiger partial charge in [-0.3, -0.25) is 0 Å². The summed E-state index contributed by atoms with van der Waals surface area (Å²) < 4.78 is 5.52. The van der Waals surface area contributed by atoms with E-state index in [0.717, 1.165) is 23.5 Å². The van der Waals surface area contributed by atoms with Crippen molar-refractivity contribution >= 4 is 0 Å². The highest BCUT2D eigenvalue weighted by Crippen LogP contribution is 2.60. The molecule has 0 aliphatic heterocycles. The number of hydrogen-bond donors (Lipinski definition) is 0. The molecular weight excluding hydrogens is 244 g/mol. The molecule has 2 saturated carbocycles. The van der Waals surface area contributed by atoms with Gasteiger partial charge in [-0.15, -0.1) is 0 Å². The third-order valence-electron chi connectivity index (χ3n) is 6.70. The predicted octanol–water partition coefficient (Wildman–Crippen LogP) is 4.73. The quantitative estimate of drug-likeness (QED) is 0.717. The lowest BCUT2D eigenvalue weighted by Gasteiger charge is -2.57. The fourth-order valence-corrected chi connectivity index (χ4v) is 5.69. The molecule has 1 aromatic rings. The van der Waals surface area contributed by atoms with Crippen LogP contribution in [0.3, 0.4) is 0 Å². The lowest BCUT2D eigenvalue weighted by molar-refractivity contribution is 0.0174. The van der Waals surface area contributed by atoms with Gasteiger partial charge in [-0.25, -0.2) is 0 Å². The van der Waals surface area contributed by atoms with Gasteiger partial charge in [0, 0.05) is 0 Å². The van der Waals surface area contributed by atoms with E-state index in [-0.39, 0.29) is 0 Å². The second-order valence-electron chi connectivity index (χ2n) is 7.42. The molecule has 0 aromatic heterocycles. The van der Waals surface area contributed by atoms with Crippen molar-refractivity contribution in [3.63, 3.8) is 0 Å². The summed E-state index contributed by atoms with van der Waals surface area (Å²) >= 11 is 0. The average Bonchev–Trinajstić information content (AvgIpc) is 2.50. The van der Waals surface area contributed by atoms with Crippen LogP contribution >= 0.6 is 0 Å². The average molecular weight is 270 g/mol. The van der Waals surface area contributed by atoms with Crippen molar-refractivity contribution in [3.8, 4) is 5.75 Å². The van der Waals surface area contributed by atoms with Gasteiger partial charge in [0.25, 0.3) is 0 Å². The minimum atomic E-state index is 0.498. The zero-order valence-electron chi connectivity index (χ0n) is 12.8. The van der Waals surface area contributed by atoms with Gasteiger partial charge in [-0.05, 0) is 78.5 Å². The maximum Gasteiger partial charge on any atom is 0.119 e. The minimum absolute atomic E-state index is 0.498. The summed E-state index contributed by atoms with van der Waals surface area (Å²) in [5, 5.41) is 0. The molecule has 3 aliphatic rings.